The van der Waals surface area contributed by atoms with E-state index in [4.69, 9.17) is 10.5 Å². The molecule has 1 saturated heterocycles. The van der Waals surface area contributed by atoms with Crippen molar-refractivity contribution >= 4 is 11.4 Å². The lowest BCUT2D eigenvalue weighted by Crippen LogP contribution is -2.22. The summed E-state index contributed by atoms with van der Waals surface area (Å²) in [5.41, 5.74) is 9.14. The van der Waals surface area contributed by atoms with E-state index in [1.165, 1.54) is 12.0 Å². The highest BCUT2D eigenvalue weighted by molar-refractivity contribution is 5.62. The summed E-state index contributed by atoms with van der Waals surface area (Å²) in [4.78, 5) is 6.49. The minimum Gasteiger partial charge on any atom is -0.497 e. The fraction of sp³-hybridized carbons (Fsp3) is 0.312. The van der Waals surface area contributed by atoms with Gasteiger partial charge >= 0.3 is 0 Å². The summed E-state index contributed by atoms with van der Waals surface area (Å²) in [5, 5.41) is 0. The monoisotopic (exact) mass is 269 g/mol. The molecule has 1 unspecified atom stereocenters. The quantitative estimate of drug-likeness (QED) is 0.870. The molecule has 2 heterocycles. The molecular formula is C16H19N3O. The van der Waals surface area contributed by atoms with E-state index in [9.17, 15) is 0 Å². The van der Waals surface area contributed by atoms with E-state index in [2.05, 4.69) is 28.1 Å². The Morgan fingerprint density at radius 2 is 2.05 bits per heavy atom. The number of anilines is 2. The number of aromatic nitrogens is 1. The van der Waals surface area contributed by atoms with Crippen LogP contribution in [0.25, 0.3) is 0 Å². The third kappa shape index (κ3) is 2.41. The number of nitrogens with two attached hydrogens (primary N) is 1. The number of nitrogens with zero attached hydrogens (tertiary/aromatic N) is 2. The second-order valence-corrected chi connectivity index (χ2v) is 5.10. The molecule has 20 heavy (non-hydrogen) atoms. The molecule has 4 nitrogen and oxygen atoms in total. The first-order chi connectivity index (χ1) is 9.78. The van der Waals surface area contributed by atoms with Crippen molar-refractivity contribution < 1.29 is 4.74 Å². The maximum absolute atomic E-state index is 5.97. The number of hydrogen-bond donors (Lipinski definition) is 1. The molecule has 0 bridgehead atoms. The molecule has 1 aromatic carbocycles. The summed E-state index contributed by atoms with van der Waals surface area (Å²) < 4.78 is 5.32. The van der Waals surface area contributed by atoms with Crippen molar-refractivity contribution in [2.75, 3.05) is 24.3 Å². The molecule has 1 atom stereocenters. The highest BCUT2D eigenvalue weighted by Crippen LogP contribution is 2.38. The van der Waals surface area contributed by atoms with Gasteiger partial charge in [-0.1, -0.05) is 0 Å². The number of benzene rings is 1. The predicted octanol–water partition coefficient (Wildman–Crippen LogP) is 3.01. The SMILES string of the molecule is COc1cc(N)cc(N2CCCC2c2ccncc2)c1. The zero-order valence-corrected chi connectivity index (χ0v) is 11.6. The maximum Gasteiger partial charge on any atom is 0.122 e. The summed E-state index contributed by atoms with van der Waals surface area (Å²) in [6.07, 6.45) is 6.04. The summed E-state index contributed by atoms with van der Waals surface area (Å²) in [5.74, 6) is 0.806. The van der Waals surface area contributed by atoms with Gasteiger partial charge in [-0.2, -0.15) is 0 Å². The van der Waals surface area contributed by atoms with Gasteiger partial charge < -0.3 is 15.4 Å². The van der Waals surface area contributed by atoms with E-state index in [-0.39, 0.29) is 0 Å². The Kier molecular flexibility index (Phi) is 3.46. The summed E-state index contributed by atoms with van der Waals surface area (Å²) in [7, 11) is 1.67. The van der Waals surface area contributed by atoms with Crippen molar-refractivity contribution in [3.05, 3.63) is 48.3 Å². The fourth-order valence-electron chi connectivity index (χ4n) is 2.90. The average Bonchev–Trinajstić information content (AvgIpc) is 2.97. The van der Waals surface area contributed by atoms with Crippen molar-refractivity contribution in [2.45, 2.75) is 18.9 Å². The number of pyridine rings is 1. The largest absolute Gasteiger partial charge is 0.497 e. The van der Waals surface area contributed by atoms with Gasteiger partial charge in [0.2, 0.25) is 0 Å². The van der Waals surface area contributed by atoms with Gasteiger partial charge in [-0.25, -0.2) is 0 Å². The molecule has 0 saturated carbocycles. The summed E-state index contributed by atoms with van der Waals surface area (Å²) in [6.45, 7) is 1.04. The Labute approximate surface area is 119 Å². The first-order valence-electron chi connectivity index (χ1n) is 6.89. The van der Waals surface area contributed by atoms with E-state index in [1.807, 2.05) is 24.5 Å². The third-order valence-corrected chi connectivity index (χ3v) is 3.82. The number of methoxy groups -OCH3 is 1. The molecule has 2 aromatic rings. The minimum absolute atomic E-state index is 0.393. The van der Waals surface area contributed by atoms with Crippen LogP contribution in [0.5, 0.6) is 5.75 Å². The molecule has 0 aliphatic carbocycles. The Morgan fingerprint density at radius 1 is 1.25 bits per heavy atom. The minimum atomic E-state index is 0.393. The van der Waals surface area contributed by atoms with Crippen LogP contribution in [0.15, 0.2) is 42.7 Å². The van der Waals surface area contributed by atoms with Crippen molar-refractivity contribution in [1.82, 2.24) is 4.98 Å². The smallest absolute Gasteiger partial charge is 0.122 e. The van der Waals surface area contributed by atoms with Crippen LogP contribution >= 0.6 is 0 Å². The fourth-order valence-corrected chi connectivity index (χ4v) is 2.90. The highest BCUT2D eigenvalue weighted by Gasteiger charge is 2.26. The van der Waals surface area contributed by atoms with Gasteiger partial charge in [0, 0.05) is 42.4 Å². The van der Waals surface area contributed by atoms with E-state index >= 15 is 0 Å². The molecule has 0 spiro atoms. The predicted molar refractivity (Wildman–Crippen MR) is 81.0 cm³/mol. The zero-order valence-electron chi connectivity index (χ0n) is 11.6. The number of rotatable bonds is 3. The van der Waals surface area contributed by atoms with Gasteiger partial charge in [-0.05, 0) is 36.6 Å². The Hall–Kier alpha value is -2.23. The van der Waals surface area contributed by atoms with Crippen LogP contribution in [0.1, 0.15) is 24.4 Å². The normalized spacial score (nSPS) is 18.2. The van der Waals surface area contributed by atoms with Gasteiger partial charge in [0.25, 0.3) is 0 Å². The van der Waals surface area contributed by atoms with Crippen molar-refractivity contribution in [2.24, 2.45) is 0 Å². The van der Waals surface area contributed by atoms with Crippen LogP contribution in [0.3, 0.4) is 0 Å². The molecule has 4 heteroatoms. The molecule has 1 aliphatic heterocycles. The molecule has 0 amide bonds. The topological polar surface area (TPSA) is 51.4 Å². The van der Waals surface area contributed by atoms with Crippen LogP contribution in [0.4, 0.5) is 11.4 Å². The number of nitrogen functional groups attached to an aromatic ring is 1. The van der Waals surface area contributed by atoms with Crippen LogP contribution in [0.2, 0.25) is 0 Å². The van der Waals surface area contributed by atoms with E-state index in [0.29, 0.717) is 6.04 Å². The van der Waals surface area contributed by atoms with Gasteiger partial charge in [0.05, 0.1) is 13.2 Å². The number of ether oxygens (including phenoxy) is 1. The standard InChI is InChI=1S/C16H19N3O/c1-20-15-10-13(17)9-14(11-15)19-8-2-3-16(19)12-4-6-18-7-5-12/h4-7,9-11,16H,2-3,8,17H2,1H3. The molecular weight excluding hydrogens is 250 g/mol. The molecule has 1 aromatic heterocycles. The molecule has 104 valence electrons. The van der Waals surface area contributed by atoms with Crippen molar-refractivity contribution in [1.29, 1.82) is 0 Å². The lowest BCUT2D eigenvalue weighted by Gasteiger charge is -2.27. The second kappa shape index (κ2) is 5.41. The molecule has 3 rings (SSSR count). The third-order valence-electron chi connectivity index (χ3n) is 3.82. The summed E-state index contributed by atoms with van der Waals surface area (Å²) in [6, 6.07) is 10.5. The van der Waals surface area contributed by atoms with Gasteiger partial charge in [-0.15, -0.1) is 0 Å². The van der Waals surface area contributed by atoms with Crippen LogP contribution in [0, 0.1) is 0 Å². The lowest BCUT2D eigenvalue weighted by molar-refractivity contribution is 0.415. The first kappa shape index (κ1) is 12.8. The Bertz CT molecular complexity index is 586. The molecule has 0 radical (unpaired) electrons. The Morgan fingerprint density at radius 3 is 2.80 bits per heavy atom. The molecule has 1 aliphatic rings. The summed E-state index contributed by atoms with van der Waals surface area (Å²) >= 11 is 0. The molecule has 2 N–H and O–H groups in total. The van der Waals surface area contributed by atoms with Crippen LogP contribution in [-0.2, 0) is 0 Å². The van der Waals surface area contributed by atoms with E-state index < -0.39 is 0 Å². The zero-order chi connectivity index (χ0) is 13.9. The van der Waals surface area contributed by atoms with Crippen LogP contribution in [-0.4, -0.2) is 18.6 Å². The van der Waals surface area contributed by atoms with Gasteiger partial charge in [0.15, 0.2) is 0 Å². The van der Waals surface area contributed by atoms with E-state index in [1.54, 1.807) is 7.11 Å². The van der Waals surface area contributed by atoms with Gasteiger partial charge in [-0.3, -0.25) is 4.98 Å². The van der Waals surface area contributed by atoms with Crippen molar-refractivity contribution in [3.8, 4) is 5.75 Å². The number of hydrogen-bond acceptors (Lipinski definition) is 4. The maximum atomic E-state index is 5.97. The highest BCUT2D eigenvalue weighted by atomic mass is 16.5. The lowest BCUT2D eigenvalue weighted by atomic mass is 10.1. The average molecular weight is 269 g/mol. The first-order valence-corrected chi connectivity index (χ1v) is 6.89. The van der Waals surface area contributed by atoms with Crippen LogP contribution < -0.4 is 15.4 Å². The second-order valence-electron chi connectivity index (χ2n) is 5.10. The van der Waals surface area contributed by atoms with E-state index in [0.717, 1.165) is 30.1 Å². The van der Waals surface area contributed by atoms with Gasteiger partial charge in [0.1, 0.15) is 5.75 Å². The molecule has 1 fully saturated rings. The van der Waals surface area contributed by atoms with Crippen molar-refractivity contribution in [3.63, 3.8) is 0 Å². The Balaban J connectivity index is 1.94.